The molecule has 1 aliphatic rings. The molecule has 0 saturated carbocycles. The quantitative estimate of drug-likeness (QED) is 0.741. The van der Waals surface area contributed by atoms with Gasteiger partial charge in [-0.05, 0) is 44.0 Å². The Hall–Kier alpha value is -2.78. The van der Waals surface area contributed by atoms with Crippen LogP contribution in [0, 0.1) is 12.7 Å². The Labute approximate surface area is 168 Å². The van der Waals surface area contributed by atoms with E-state index in [0.29, 0.717) is 30.2 Å². The first-order valence-electron chi connectivity index (χ1n) is 9.38. The first-order chi connectivity index (χ1) is 13.9. The molecule has 29 heavy (non-hydrogen) atoms. The molecule has 0 radical (unpaired) electrons. The third kappa shape index (κ3) is 4.99. The molecule has 1 aromatic carbocycles. The summed E-state index contributed by atoms with van der Waals surface area (Å²) in [4.78, 5) is 26.6. The van der Waals surface area contributed by atoms with E-state index in [-0.39, 0.29) is 30.3 Å². The van der Waals surface area contributed by atoms with Crippen molar-refractivity contribution in [2.45, 2.75) is 31.9 Å². The number of amides is 1. The Bertz CT molecular complexity index is 868. The minimum atomic E-state index is -0.534. The summed E-state index contributed by atoms with van der Waals surface area (Å²) in [5.41, 5.74) is 1.33. The van der Waals surface area contributed by atoms with Crippen molar-refractivity contribution in [3.8, 4) is 5.69 Å². The lowest BCUT2D eigenvalue weighted by Crippen LogP contribution is -2.51. The van der Waals surface area contributed by atoms with Gasteiger partial charge in [-0.1, -0.05) is 0 Å². The zero-order valence-electron chi connectivity index (χ0n) is 16.7. The third-order valence-corrected chi connectivity index (χ3v) is 4.99. The van der Waals surface area contributed by atoms with Crippen molar-refractivity contribution in [2.24, 2.45) is 0 Å². The van der Waals surface area contributed by atoms with Gasteiger partial charge in [0.1, 0.15) is 17.7 Å². The number of nitrogens with one attached hydrogen (secondary N) is 1. The summed E-state index contributed by atoms with van der Waals surface area (Å²) in [5.74, 6) is -0.540. The molecule has 8 nitrogen and oxygen atoms in total. The molecule has 0 unspecified atom stereocenters. The van der Waals surface area contributed by atoms with Crippen LogP contribution in [0.15, 0.2) is 30.3 Å². The van der Waals surface area contributed by atoms with Gasteiger partial charge < -0.3 is 14.8 Å². The van der Waals surface area contributed by atoms with Crippen molar-refractivity contribution in [1.29, 1.82) is 0 Å². The monoisotopic (exact) mass is 404 g/mol. The Morgan fingerprint density at radius 1 is 1.28 bits per heavy atom. The Morgan fingerprint density at radius 2 is 2.00 bits per heavy atom. The maximum absolute atomic E-state index is 13.2. The van der Waals surface area contributed by atoms with E-state index in [9.17, 15) is 14.0 Å². The molecule has 0 aliphatic carbocycles. The van der Waals surface area contributed by atoms with Crippen LogP contribution in [0.5, 0.6) is 0 Å². The molecule has 0 spiro atoms. The van der Waals surface area contributed by atoms with Crippen molar-refractivity contribution in [3.05, 3.63) is 41.8 Å². The number of aryl methyl sites for hydroxylation is 1. The SMILES string of the molecule is COC(=O)[C@@H]1C[C@H](OC)CCN1CC(=O)Nc1cc(C)nn1-c1ccc(F)cc1. The fraction of sp³-hybridized carbons (Fsp3) is 0.450. The van der Waals surface area contributed by atoms with Crippen LogP contribution < -0.4 is 5.32 Å². The molecule has 2 heterocycles. The second-order valence-electron chi connectivity index (χ2n) is 7.00. The fourth-order valence-electron chi connectivity index (χ4n) is 3.50. The second kappa shape index (κ2) is 9.15. The van der Waals surface area contributed by atoms with E-state index in [1.807, 2.05) is 0 Å². The molecule has 3 rings (SSSR count). The van der Waals surface area contributed by atoms with Gasteiger partial charge in [0.05, 0.1) is 31.1 Å². The topological polar surface area (TPSA) is 85.7 Å². The summed E-state index contributed by atoms with van der Waals surface area (Å²) >= 11 is 0. The number of carbonyl (C=O) groups excluding carboxylic acids is 2. The molecule has 1 amide bonds. The summed E-state index contributed by atoms with van der Waals surface area (Å²) in [7, 11) is 2.95. The number of hydrogen-bond donors (Lipinski definition) is 1. The molecule has 1 saturated heterocycles. The van der Waals surface area contributed by atoms with Gasteiger partial charge in [-0.25, -0.2) is 9.07 Å². The molecule has 2 atom stereocenters. The number of methoxy groups -OCH3 is 2. The zero-order chi connectivity index (χ0) is 21.0. The van der Waals surface area contributed by atoms with Crippen LogP contribution >= 0.6 is 0 Å². The van der Waals surface area contributed by atoms with Crippen LogP contribution in [0.4, 0.5) is 10.2 Å². The summed E-state index contributed by atoms with van der Waals surface area (Å²) in [5, 5.41) is 7.20. The molecular weight excluding hydrogens is 379 g/mol. The molecule has 0 bridgehead atoms. The lowest BCUT2D eigenvalue weighted by Gasteiger charge is -2.36. The summed E-state index contributed by atoms with van der Waals surface area (Å²) in [6.07, 6.45) is 1.16. The normalized spacial score (nSPS) is 19.7. The zero-order valence-corrected chi connectivity index (χ0v) is 16.7. The molecular formula is C20H25FN4O4. The standard InChI is InChI=1S/C20H25FN4O4/c1-13-10-18(25(23-13)15-6-4-14(21)5-7-15)22-19(26)12-24-9-8-16(28-2)11-17(24)20(27)29-3/h4-7,10,16-17H,8-9,11-12H2,1-3H3,(H,22,26)/t16-,17+/m1/s1. The van der Waals surface area contributed by atoms with E-state index < -0.39 is 6.04 Å². The van der Waals surface area contributed by atoms with Crippen molar-refractivity contribution < 1.29 is 23.5 Å². The number of rotatable bonds is 6. The number of halogens is 1. The van der Waals surface area contributed by atoms with E-state index in [1.54, 1.807) is 41.8 Å². The Balaban J connectivity index is 1.72. The highest BCUT2D eigenvalue weighted by atomic mass is 19.1. The van der Waals surface area contributed by atoms with E-state index in [1.165, 1.54) is 19.2 Å². The van der Waals surface area contributed by atoms with Gasteiger partial charge in [0, 0.05) is 19.7 Å². The van der Waals surface area contributed by atoms with Crippen molar-refractivity contribution in [1.82, 2.24) is 14.7 Å². The van der Waals surface area contributed by atoms with E-state index in [0.717, 1.165) is 6.42 Å². The smallest absolute Gasteiger partial charge is 0.323 e. The first-order valence-corrected chi connectivity index (χ1v) is 9.38. The predicted octanol–water partition coefficient (Wildman–Crippen LogP) is 1.91. The van der Waals surface area contributed by atoms with Gasteiger partial charge in [-0.2, -0.15) is 5.10 Å². The van der Waals surface area contributed by atoms with Crippen LogP contribution in [0.3, 0.4) is 0 Å². The number of carbonyl (C=O) groups is 2. The number of aromatic nitrogens is 2. The van der Waals surface area contributed by atoms with Gasteiger partial charge in [0.25, 0.3) is 0 Å². The number of anilines is 1. The number of esters is 1. The average Bonchev–Trinajstić information content (AvgIpc) is 3.08. The second-order valence-corrected chi connectivity index (χ2v) is 7.00. The maximum Gasteiger partial charge on any atom is 0.323 e. The molecule has 1 N–H and O–H groups in total. The predicted molar refractivity (Wildman–Crippen MR) is 104 cm³/mol. The minimum absolute atomic E-state index is 0.0316. The van der Waals surface area contributed by atoms with Crippen LogP contribution in [0.1, 0.15) is 18.5 Å². The minimum Gasteiger partial charge on any atom is -0.468 e. The van der Waals surface area contributed by atoms with E-state index in [2.05, 4.69) is 10.4 Å². The number of likely N-dealkylation sites (tertiary alicyclic amines) is 1. The van der Waals surface area contributed by atoms with Crippen LogP contribution in [0.25, 0.3) is 5.69 Å². The fourth-order valence-corrected chi connectivity index (χ4v) is 3.50. The number of nitrogens with zero attached hydrogens (tertiary/aromatic N) is 3. The molecule has 1 fully saturated rings. The molecule has 156 valence electrons. The van der Waals surface area contributed by atoms with Gasteiger partial charge in [0.15, 0.2) is 0 Å². The highest BCUT2D eigenvalue weighted by molar-refractivity contribution is 5.92. The summed E-state index contributed by atoms with van der Waals surface area (Å²) in [6.45, 7) is 2.38. The lowest BCUT2D eigenvalue weighted by molar-refractivity contribution is -0.151. The van der Waals surface area contributed by atoms with Crippen molar-refractivity contribution in [2.75, 3.05) is 32.6 Å². The maximum atomic E-state index is 13.2. The highest BCUT2D eigenvalue weighted by Gasteiger charge is 2.35. The van der Waals surface area contributed by atoms with E-state index in [4.69, 9.17) is 9.47 Å². The molecule has 1 aliphatic heterocycles. The number of hydrogen-bond acceptors (Lipinski definition) is 6. The van der Waals surface area contributed by atoms with Crippen LogP contribution in [-0.4, -0.2) is 66.0 Å². The molecule has 1 aromatic heterocycles. The lowest BCUT2D eigenvalue weighted by atomic mass is 9.99. The largest absolute Gasteiger partial charge is 0.468 e. The first kappa shape index (κ1) is 20.9. The van der Waals surface area contributed by atoms with Gasteiger partial charge in [-0.15, -0.1) is 0 Å². The number of benzene rings is 1. The Kier molecular flexibility index (Phi) is 6.60. The number of ether oxygens (including phenoxy) is 2. The summed E-state index contributed by atoms with van der Waals surface area (Å²) in [6, 6.07) is 7.03. The highest BCUT2D eigenvalue weighted by Crippen LogP contribution is 2.22. The van der Waals surface area contributed by atoms with E-state index >= 15 is 0 Å². The van der Waals surface area contributed by atoms with Gasteiger partial charge in [-0.3, -0.25) is 14.5 Å². The van der Waals surface area contributed by atoms with Gasteiger partial charge >= 0.3 is 5.97 Å². The Morgan fingerprint density at radius 3 is 2.66 bits per heavy atom. The number of piperidine rings is 1. The third-order valence-electron chi connectivity index (χ3n) is 4.99. The average molecular weight is 404 g/mol. The molecule has 2 aromatic rings. The van der Waals surface area contributed by atoms with Crippen LogP contribution in [0.2, 0.25) is 0 Å². The summed E-state index contributed by atoms with van der Waals surface area (Å²) < 4.78 is 25.0. The van der Waals surface area contributed by atoms with Crippen LogP contribution in [-0.2, 0) is 19.1 Å². The van der Waals surface area contributed by atoms with Crippen molar-refractivity contribution >= 4 is 17.7 Å². The molecule has 9 heteroatoms. The van der Waals surface area contributed by atoms with Gasteiger partial charge in [0.2, 0.25) is 5.91 Å². The van der Waals surface area contributed by atoms with Crippen molar-refractivity contribution in [3.63, 3.8) is 0 Å².